The number of rotatable bonds is 2. The Hall–Kier alpha value is -1.10. The Labute approximate surface area is 77.5 Å². The predicted octanol–water partition coefficient (Wildman–Crippen LogP) is -1.37. The molecule has 13 heavy (non-hydrogen) atoms. The van der Waals surface area contributed by atoms with Crippen LogP contribution in [0.2, 0.25) is 0 Å². The minimum absolute atomic E-state index is 0.0208. The minimum Gasteiger partial charge on any atom is -0.370 e. The summed E-state index contributed by atoms with van der Waals surface area (Å²) in [5.41, 5.74) is 5.06. The number of nitrogens with zero attached hydrogens (tertiary/aromatic N) is 2. The lowest BCUT2D eigenvalue weighted by Gasteiger charge is -2.36. The van der Waals surface area contributed by atoms with E-state index in [4.69, 9.17) is 5.73 Å². The SMILES string of the molecule is CN1CCN(C)[C@H](CC(N)=O)C1=O. The monoisotopic (exact) mass is 185 g/mol. The number of hydrogen-bond donors (Lipinski definition) is 1. The normalized spacial score (nSPS) is 24.9. The van der Waals surface area contributed by atoms with Crippen LogP contribution in [0.25, 0.3) is 0 Å². The van der Waals surface area contributed by atoms with Gasteiger partial charge in [-0.25, -0.2) is 0 Å². The summed E-state index contributed by atoms with van der Waals surface area (Å²) in [5.74, 6) is -0.451. The molecule has 2 amide bonds. The number of hydrogen-bond acceptors (Lipinski definition) is 3. The zero-order valence-electron chi connectivity index (χ0n) is 7.99. The molecule has 1 heterocycles. The highest BCUT2D eigenvalue weighted by Crippen LogP contribution is 2.10. The number of primary amides is 1. The van der Waals surface area contributed by atoms with Gasteiger partial charge in [-0.2, -0.15) is 0 Å². The van der Waals surface area contributed by atoms with Gasteiger partial charge in [-0.05, 0) is 7.05 Å². The molecule has 1 fully saturated rings. The molecule has 0 aromatic rings. The van der Waals surface area contributed by atoms with Crippen LogP contribution in [0.5, 0.6) is 0 Å². The highest BCUT2D eigenvalue weighted by Gasteiger charge is 2.31. The predicted molar refractivity (Wildman–Crippen MR) is 47.9 cm³/mol. The third-order valence-corrected chi connectivity index (χ3v) is 2.38. The van der Waals surface area contributed by atoms with Gasteiger partial charge in [-0.1, -0.05) is 0 Å². The van der Waals surface area contributed by atoms with Gasteiger partial charge in [-0.3, -0.25) is 14.5 Å². The molecule has 5 heteroatoms. The molecular formula is C8H15N3O2. The van der Waals surface area contributed by atoms with Gasteiger partial charge in [0.2, 0.25) is 11.8 Å². The first-order chi connectivity index (χ1) is 6.02. The van der Waals surface area contributed by atoms with Crippen molar-refractivity contribution in [3.63, 3.8) is 0 Å². The lowest BCUT2D eigenvalue weighted by molar-refractivity contribution is -0.141. The van der Waals surface area contributed by atoms with Crippen LogP contribution in [0.3, 0.4) is 0 Å². The molecule has 1 rings (SSSR count). The van der Waals surface area contributed by atoms with Crippen LogP contribution in [-0.2, 0) is 9.59 Å². The smallest absolute Gasteiger partial charge is 0.240 e. The standard InChI is InChI=1S/C8H15N3O2/c1-10-3-4-11(2)8(13)6(10)5-7(9)12/h6H,3-5H2,1-2H3,(H2,9,12)/t6-/m1/s1. The van der Waals surface area contributed by atoms with Crippen molar-refractivity contribution in [3.8, 4) is 0 Å². The first kappa shape index (κ1) is 9.98. The quantitative estimate of drug-likeness (QED) is 0.577. The van der Waals surface area contributed by atoms with Gasteiger partial charge in [0.15, 0.2) is 0 Å². The number of carbonyl (C=O) groups is 2. The van der Waals surface area contributed by atoms with E-state index in [1.165, 1.54) is 0 Å². The van der Waals surface area contributed by atoms with Crippen molar-refractivity contribution in [1.29, 1.82) is 0 Å². The Bertz CT molecular complexity index is 229. The Balaban J connectivity index is 2.66. The molecule has 74 valence electrons. The third kappa shape index (κ3) is 2.18. The molecule has 0 bridgehead atoms. The average molecular weight is 185 g/mol. The van der Waals surface area contributed by atoms with Crippen LogP contribution in [0.4, 0.5) is 0 Å². The number of carbonyl (C=O) groups excluding carboxylic acids is 2. The summed E-state index contributed by atoms with van der Waals surface area (Å²) in [6.45, 7) is 1.50. The highest BCUT2D eigenvalue weighted by atomic mass is 16.2. The summed E-state index contributed by atoms with van der Waals surface area (Å²) in [6, 6.07) is -0.365. The zero-order valence-corrected chi connectivity index (χ0v) is 7.99. The fourth-order valence-electron chi connectivity index (χ4n) is 1.45. The van der Waals surface area contributed by atoms with Crippen molar-refractivity contribution >= 4 is 11.8 Å². The van der Waals surface area contributed by atoms with Crippen LogP contribution in [0.15, 0.2) is 0 Å². The number of amides is 2. The van der Waals surface area contributed by atoms with E-state index in [9.17, 15) is 9.59 Å². The van der Waals surface area contributed by atoms with Crippen LogP contribution >= 0.6 is 0 Å². The van der Waals surface area contributed by atoms with Gasteiger partial charge in [0.05, 0.1) is 12.5 Å². The van der Waals surface area contributed by atoms with Gasteiger partial charge in [0, 0.05) is 20.1 Å². The van der Waals surface area contributed by atoms with E-state index in [0.717, 1.165) is 6.54 Å². The minimum atomic E-state index is -0.430. The number of likely N-dealkylation sites (N-methyl/N-ethyl adjacent to an activating group) is 2. The van der Waals surface area contributed by atoms with Crippen molar-refractivity contribution in [2.24, 2.45) is 5.73 Å². The topological polar surface area (TPSA) is 66.6 Å². The number of nitrogens with two attached hydrogens (primary N) is 1. The molecule has 0 aromatic carbocycles. The molecule has 0 aromatic heterocycles. The molecule has 1 saturated heterocycles. The molecule has 1 atom stereocenters. The van der Waals surface area contributed by atoms with Crippen LogP contribution in [0.1, 0.15) is 6.42 Å². The second-order valence-electron chi connectivity index (χ2n) is 3.43. The third-order valence-electron chi connectivity index (χ3n) is 2.38. The fraction of sp³-hybridized carbons (Fsp3) is 0.750. The summed E-state index contributed by atoms with van der Waals surface area (Å²) < 4.78 is 0. The molecular weight excluding hydrogens is 170 g/mol. The highest BCUT2D eigenvalue weighted by molar-refractivity contribution is 5.88. The molecule has 1 aliphatic heterocycles. The summed E-state index contributed by atoms with van der Waals surface area (Å²) in [7, 11) is 3.57. The lowest BCUT2D eigenvalue weighted by Crippen LogP contribution is -2.55. The summed E-state index contributed by atoms with van der Waals surface area (Å²) in [5, 5.41) is 0. The Kier molecular flexibility index (Phi) is 2.87. The van der Waals surface area contributed by atoms with Crippen molar-refractivity contribution in [2.45, 2.75) is 12.5 Å². The molecule has 0 radical (unpaired) electrons. The van der Waals surface area contributed by atoms with E-state index in [2.05, 4.69) is 0 Å². The summed E-state index contributed by atoms with van der Waals surface area (Å²) in [6.07, 6.45) is 0.111. The molecule has 0 unspecified atom stereocenters. The van der Waals surface area contributed by atoms with Gasteiger partial charge < -0.3 is 10.6 Å². The molecule has 0 aliphatic carbocycles. The Morgan fingerprint density at radius 3 is 2.69 bits per heavy atom. The summed E-state index contributed by atoms with van der Waals surface area (Å²) >= 11 is 0. The molecule has 5 nitrogen and oxygen atoms in total. The van der Waals surface area contributed by atoms with Crippen LogP contribution in [-0.4, -0.2) is 54.8 Å². The van der Waals surface area contributed by atoms with Gasteiger partial charge in [0.25, 0.3) is 0 Å². The second kappa shape index (κ2) is 3.74. The van der Waals surface area contributed by atoms with Gasteiger partial charge in [-0.15, -0.1) is 0 Å². The maximum atomic E-state index is 11.5. The van der Waals surface area contributed by atoms with Gasteiger partial charge in [0.1, 0.15) is 0 Å². The van der Waals surface area contributed by atoms with E-state index in [1.807, 2.05) is 11.9 Å². The van der Waals surface area contributed by atoms with Crippen molar-refractivity contribution in [1.82, 2.24) is 9.80 Å². The Morgan fingerprint density at radius 1 is 1.54 bits per heavy atom. The maximum absolute atomic E-state index is 11.5. The second-order valence-corrected chi connectivity index (χ2v) is 3.43. The average Bonchev–Trinajstić information content (AvgIpc) is 2.05. The number of piperazine rings is 1. The van der Waals surface area contributed by atoms with Crippen molar-refractivity contribution in [3.05, 3.63) is 0 Å². The molecule has 2 N–H and O–H groups in total. The largest absolute Gasteiger partial charge is 0.370 e. The maximum Gasteiger partial charge on any atom is 0.240 e. The van der Waals surface area contributed by atoms with E-state index in [-0.39, 0.29) is 18.4 Å². The van der Waals surface area contributed by atoms with E-state index >= 15 is 0 Å². The van der Waals surface area contributed by atoms with E-state index < -0.39 is 5.91 Å². The van der Waals surface area contributed by atoms with Gasteiger partial charge >= 0.3 is 0 Å². The van der Waals surface area contributed by atoms with Crippen molar-refractivity contribution in [2.75, 3.05) is 27.2 Å². The van der Waals surface area contributed by atoms with E-state index in [1.54, 1.807) is 11.9 Å². The van der Waals surface area contributed by atoms with Crippen molar-refractivity contribution < 1.29 is 9.59 Å². The Morgan fingerprint density at radius 2 is 2.15 bits per heavy atom. The molecule has 0 spiro atoms. The fourth-order valence-corrected chi connectivity index (χ4v) is 1.45. The zero-order chi connectivity index (χ0) is 10.0. The van der Waals surface area contributed by atoms with E-state index in [0.29, 0.717) is 6.54 Å². The molecule has 1 aliphatic rings. The molecule has 0 saturated carbocycles. The first-order valence-electron chi connectivity index (χ1n) is 4.26. The first-order valence-corrected chi connectivity index (χ1v) is 4.26. The lowest BCUT2D eigenvalue weighted by atomic mass is 10.1. The summed E-state index contributed by atoms with van der Waals surface area (Å²) in [4.78, 5) is 25.7. The van der Waals surface area contributed by atoms with Crippen LogP contribution in [0, 0.1) is 0 Å². The van der Waals surface area contributed by atoms with Crippen LogP contribution < -0.4 is 5.73 Å².